The van der Waals surface area contributed by atoms with Crippen molar-refractivity contribution in [2.75, 3.05) is 0 Å². The standard InChI is InChI=1S/C19H16N4/c1-13-7-8-19(14(2)9-13)23-12-15(10-21-23)18-11-20-16-5-3-4-6-17(16)22-18/h3-12H,1-2H3. The highest BCUT2D eigenvalue weighted by Gasteiger charge is 2.08. The molecule has 0 saturated heterocycles. The Labute approximate surface area is 134 Å². The number of para-hydroxylation sites is 2. The summed E-state index contributed by atoms with van der Waals surface area (Å²) in [5.74, 6) is 0. The minimum Gasteiger partial charge on any atom is -0.252 e. The first-order chi connectivity index (χ1) is 11.2. The van der Waals surface area contributed by atoms with Crippen molar-refractivity contribution in [2.24, 2.45) is 0 Å². The van der Waals surface area contributed by atoms with E-state index < -0.39 is 0 Å². The Morgan fingerprint density at radius 3 is 2.57 bits per heavy atom. The number of nitrogens with zero attached hydrogens (tertiary/aromatic N) is 4. The van der Waals surface area contributed by atoms with Crippen LogP contribution in [0, 0.1) is 13.8 Å². The molecule has 0 radical (unpaired) electrons. The van der Waals surface area contributed by atoms with E-state index in [4.69, 9.17) is 0 Å². The van der Waals surface area contributed by atoms with Crippen molar-refractivity contribution in [2.45, 2.75) is 13.8 Å². The predicted molar refractivity (Wildman–Crippen MR) is 91.6 cm³/mol. The average Bonchev–Trinajstić information content (AvgIpc) is 3.04. The Morgan fingerprint density at radius 1 is 0.913 bits per heavy atom. The van der Waals surface area contributed by atoms with Crippen LogP contribution in [-0.2, 0) is 0 Å². The van der Waals surface area contributed by atoms with E-state index >= 15 is 0 Å². The molecule has 2 aromatic heterocycles. The number of benzene rings is 2. The van der Waals surface area contributed by atoms with Crippen LogP contribution < -0.4 is 0 Å². The first-order valence-corrected chi connectivity index (χ1v) is 7.55. The van der Waals surface area contributed by atoms with Gasteiger partial charge < -0.3 is 0 Å². The monoisotopic (exact) mass is 300 g/mol. The van der Waals surface area contributed by atoms with Crippen LogP contribution in [0.2, 0.25) is 0 Å². The first kappa shape index (κ1) is 13.6. The molecule has 0 spiro atoms. The highest BCUT2D eigenvalue weighted by molar-refractivity contribution is 5.76. The van der Waals surface area contributed by atoms with Gasteiger partial charge in [-0.2, -0.15) is 5.10 Å². The first-order valence-electron chi connectivity index (χ1n) is 7.55. The normalized spacial score (nSPS) is 11.0. The van der Waals surface area contributed by atoms with Gasteiger partial charge in [-0.25, -0.2) is 9.67 Å². The van der Waals surface area contributed by atoms with Crippen molar-refractivity contribution >= 4 is 11.0 Å². The van der Waals surface area contributed by atoms with Gasteiger partial charge >= 0.3 is 0 Å². The van der Waals surface area contributed by atoms with Gasteiger partial charge in [0.05, 0.1) is 34.8 Å². The molecule has 4 heteroatoms. The molecular weight excluding hydrogens is 284 g/mol. The lowest BCUT2D eigenvalue weighted by molar-refractivity contribution is 0.872. The summed E-state index contributed by atoms with van der Waals surface area (Å²) in [5, 5.41) is 4.48. The fraction of sp³-hybridized carbons (Fsp3) is 0.105. The van der Waals surface area contributed by atoms with Crippen LogP contribution in [0.5, 0.6) is 0 Å². The highest BCUT2D eigenvalue weighted by Crippen LogP contribution is 2.21. The highest BCUT2D eigenvalue weighted by atomic mass is 15.3. The predicted octanol–water partition coefficient (Wildman–Crippen LogP) is 4.10. The second kappa shape index (κ2) is 5.32. The van der Waals surface area contributed by atoms with Gasteiger partial charge in [-0.05, 0) is 37.6 Å². The Hall–Kier alpha value is -3.01. The Morgan fingerprint density at radius 2 is 1.74 bits per heavy atom. The van der Waals surface area contributed by atoms with Crippen molar-refractivity contribution in [3.8, 4) is 16.9 Å². The fourth-order valence-electron chi connectivity index (χ4n) is 2.75. The van der Waals surface area contributed by atoms with Crippen molar-refractivity contribution in [1.82, 2.24) is 19.7 Å². The molecule has 4 nitrogen and oxygen atoms in total. The van der Waals surface area contributed by atoms with Crippen molar-refractivity contribution in [3.05, 3.63) is 72.2 Å². The van der Waals surface area contributed by atoms with Crippen molar-refractivity contribution in [1.29, 1.82) is 0 Å². The lowest BCUT2D eigenvalue weighted by atomic mass is 10.1. The maximum absolute atomic E-state index is 4.67. The minimum absolute atomic E-state index is 0.833. The molecule has 0 bridgehead atoms. The van der Waals surface area contributed by atoms with Crippen LogP contribution in [0.15, 0.2) is 61.1 Å². The summed E-state index contributed by atoms with van der Waals surface area (Å²) >= 11 is 0. The van der Waals surface area contributed by atoms with Gasteiger partial charge in [0.15, 0.2) is 0 Å². The number of hydrogen-bond donors (Lipinski definition) is 0. The molecule has 0 saturated carbocycles. The SMILES string of the molecule is Cc1ccc(-n2cc(-c3cnc4ccccc4n3)cn2)c(C)c1. The van der Waals surface area contributed by atoms with E-state index in [1.807, 2.05) is 41.3 Å². The molecule has 0 amide bonds. The maximum atomic E-state index is 4.67. The third-order valence-corrected chi connectivity index (χ3v) is 3.93. The van der Waals surface area contributed by atoms with E-state index in [1.165, 1.54) is 11.1 Å². The molecule has 0 fully saturated rings. The van der Waals surface area contributed by atoms with Crippen molar-refractivity contribution < 1.29 is 0 Å². The van der Waals surface area contributed by atoms with E-state index in [9.17, 15) is 0 Å². The molecule has 2 heterocycles. The number of hydrogen-bond acceptors (Lipinski definition) is 3. The largest absolute Gasteiger partial charge is 0.252 e. The Bertz CT molecular complexity index is 1000. The summed E-state index contributed by atoms with van der Waals surface area (Å²) in [5.41, 5.74) is 7.11. The smallest absolute Gasteiger partial charge is 0.0924 e. The molecular formula is C19H16N4. The maximum Gasteiger partial charge on any atom is 0.0924 e. The van der Waals surface area contributed by atoms with Gasteiger partial charge in [0, 0.05) is 11.8 Å². The van der Waals surface area contributed by atoms with E-state index in [2.05, 4.69) is 47.1 Å². The lowest BCUT2D eigenvalue weighted by Crippen LogP contribution is -1.97. The zero-order valence-electron chi connectivity index (χ0n) is 13.1. The number of aryl methyl sites for hydroxylation is 2. The molecule has 0 aliphatic carbocycles. The molecule has 4 aromatic rings. The number of rotatable bonds is 2. The summed E-state index contributed by atoms with van der Waals surface area (Å²) in [6, 6.07) is 14.2. The van der Waals surface area contributed by atoms with Crippen molar-refractivity contribution in [3.63, 3.8) is 0 Å². The van der Waals surface area contributed by atoms with Gasteiger partial charge in [0.25, 0.3) is 0 Å². The summed E-state index contributed by atoms with van der Waals surface area (Å²) < 4.78 is 1.89. The summed E-state index contributed by atoms with van der Waals surface area (Å²) in [7, 11) is 0. The third-order valence-electron chi connectivity index (χ3n) is 3.93. The van der Waals surface area contributed by atoms with Gasteiger partial charge in [-0.1, -0.05) is 29.8 Å². The molecule has 2 aromatic carbocycles. The Balaban J connectivity index is 1.77. The molecule has 112 valence electrons. The van der Waals surface area contributed by atoms with Crippen LogP contribution >= 0.6 is 0 Å². The second-order valence-corrected chi connectivity index (χ2v) is 5.71. The molecule has 23 heavy (non-hydrogen) atoms. The van der Waals surface area contributed by atoms with Crippen LogP contribution in [-0.4, -0.2) is 19.7 Å². The zero-order chi connectivity index (χ0) is 15.8. The van der Waals surface area contributed by atoms with E-state index in [1.54, 1.807) is 6.20 Å². The molecule has 0 aliphatic heterocycles. The van der Waals surface area contributed by atoms with E-state index in [-0.39, 0.29) is 0 Å². The van der Waals surface area contributed by atoms with Crippen LogP contribution in [0.1, 0.15) is 11.1 Å². The summed E-state index contributed by atoms with van der Waals surface area (Å²) in [6.45, 7) is 4.19. The Kier molecular flexibility index (Phi) is 3.15. The lowest BCUT2D eigenvalue weighted by Gasteiger charge is -2.06. The van der Waals surface area contributed by atoms with Gasteiger partial charge in [-0.15, -0.1) is 0 Å². The van der Waals surface area contributed by atoms with Gasteiger partial charge in [0.1, 0.15) is 0 Å². The van der Waals surface area contributed by atoms with Gasteiger partial charge in [-0.3, -0.25) is 4.98 Å². The van der Waals surface area contributed by atoms with Gasteiger partial charge in [0.2, 0.25) is 0 Å². The summed E-state index contributed by atoms with van der Waals surface area (Å²) in [4.78, 5) is 9.14. The molecule has 0 unspecified atom stereocenters. The minimum atomic E-state index is 0.833. The fourth-order valence-corrected chi connectivity index (χ4v) is 2.75. The van der Waals surface area contributed by atoms with Crippen LogP contribution in [0.25, 0.3) is 28.0 Å². The quantitative estimate of drug-likeness (QED) is 0.560. The summed E-state index contributed by atoms with van der Waals surface area (Å²) in [6.07, 6.45) is 5.63. The second-order valence-electron chi connectivity index (χ2n) is 5.71. The van der Waals surface area contributed by atoms with Crippen LogP contribution in [0.4, 0.5) is 0 Å². The number of fused-ring (bicyclic) bond motifs is 1. The zero-order valence-corrected chi connectivity index (χ0v) is 13.1. The molecule has 0 atom stereocenters. The molecule has 0 aliphatic rings. The van der Waals surface area contributed by atoms with E-state index in [0.717, 1.165) is 28.0 Å². The average molecular weight is 300 g/mol. The topological polar surface area (TPSA) is 43.6 Å². The molecule has 0 N–H and O–H groups in total. The van der Waals surface area contributed by atoms with Crippen LogP contribution in [0.3, 0.4) is 0 Å². The molecule has 4 rings (SSSR count). The third kappa shape index (κ3) is 2.48. The number of aromatic nitrogens is 4. The van der Waals surface area contributed by atoms with E-state index in [0.29, 0.717) is 0 Å².